The van der Waals surface area contributed by atoms with Gasteiger partial charge in [0.05, 0.1) is 4.90 Å². The third-order valence-electron chi connectivity index (χ3n) is 6.49. The Labute approximate surface area is 161 Å². The molecule has 2 aliphatic rings. The summed E-state index contributed by atoms with van der Waals surface area (Å²) >= 11 is 0. The van der Waals surface area contributed by atoms with Crippen molar-refractivity contribution in [1.29, 1.82) is 0 Å². The third-order valence-corrected chi connectivity index (χ3v) is 8.32. The Bertz CT molecular complexity index is 898. The lowest BCUT2D eigenvalue weighted by Gasteiger charge is -2.37. The molecule has 2 aromatic rings. The second-order valence-electron chi connectivity index (χ2n) is 8.07. The molecule has 1 atom stereocenters. The van der Waals surface area contributed by atoms with Crippen molar-refractivity contribution in [2.45, 2.75) is 56.3 Å². The van der Waals surface area contributed by atoms with Crippen LogP contribution in [0.1, 0.15) is 56.3 Å². The van der Waals surface area contributed by atoms with Crippen LogP contribution < -0.4 is 0 Å². The predicted molar refractivity (Wildman–Crippen MR) is 104 cm³/mol. The van der Waals surface area contributed by atoms with Gasteiger partial charge in [-0.15, -0.1) is 10.2 Å². The van der Waals surface area contributed by atoms with Crippen molar-refractivity contribution in [3.63, 3.8) is 0 Å². The van der Waals surface area contributed by atoms with E-state index in [4.69, 9.17) is 0 Å². The Morgan fingerprint density at radius 1 is 1.15 bits per heavy atom. The minimum atomic E-state index is -3.50. The first-order valence-electron chi connectivity index (χ1n) is 9.89. The number of sulfonamides is 1. The van der Waals surface area contributed by atoms with E-state index in [-0.39, 0.29) is 11.3 Å². The smallest absolute Gasteiger partial charge is 0.243 e. The molecule has 2 fully saturated rings. The normalized spacial score (nSPS) is 23.1. The van der Waals surface area contributed by atoms with E-state index < -0.39 is 10.0 Å². The van der Waals surface area contributed by atoms with Gasteiger partial charge in [-0.1, -0.05) is 38.3 Å². The maximum absolute atomic E-state index is 13.3. The van der Waals surface area contributed by atoms with Gasteiger partial charge in [0.15, 0.2) is 0 Å². The molecule has 7 heteroatoms. The maximum atomic E-state index is 13.3. The van der Waals surface area contributed by atoms with Crippen LogP contribution in [0, 0.1) is 5.41 Å². The van der Waals surface area contributed by atoms with E-state index in [0.717, 1.165) is 43.5 Å². The van der Waals surface area contributed by atoms with Gasteiger partial charge in [0, 0.05) is 26.1 Å². The highest BCUT2D eigenvalue weighted by molar-refractivity contribution is 7.89. The Hall–Kier alpha value is -1.73. The second-order valence-corrected chi connectivity index (χ2v) is 10.0. The van der Waals surface area contributed by atoms with E-state index >= 15 is 0 Å². The van der Waals surface area contributed by atoms with Gasteiger partial charge in [0.1, 0.15) is 12.2 Å². The maximum Gasteiger partial charge on any atom is 0.243 e. The highest BCUT2D eigenvalue weighted by Gasteiger charge is 2.52. The van der Waals surface area contributed by atoms with Crippen LogP contribution in [0.4, 0.5) is 0 Å². The van der Waals surface area contributed by atoms with Crippen LogP contribution in [0.25, 0.3) is 0 Å². The zero-order valence-electron chi connectivity index (χ0n) is 16.1. The summed E-state index contributed by atoms with van der Waals surface area (Å²) in [6.07, 6.45) is 8.30. The van der Waals surface area contributed by atoms with Crippen LogP contribution in [0.15, 0.2) is 35.5 Å². The minimum absolute atomic E-state index is 0.0184. The van der Waals surface area contributed by atoms with Crippen LogP contribution in [-0.2, 0) is 23.5 Å². The summed E-state index contributed by atoms with van der Waals surface area (Å²) in [6.45, 7) is 3.15. The fraction of sp³-hybridized carbons (Fsp3) is 0.600. The molecule has 0 bridgehead atoms. The SMILES string of the molecule is CCc1ccc(S(=O)(=O)N2CC(c3nncn3C)C3(CCCCC3)C2)cc1. The first kappa shape index (κ1) is 18.6. The van der Waals surface area contributed by atoms with Gasteiger partial charge >= 0.3 is 0 Å². The first-order chi connectivity index (χ1) is 13.0. The molecule has 1 spiro atoms. The zero-order chi connectivity index (χ0) is 19.1. The Morgan fingerprint density at radius 3 is 2.44 bits per heavy atom. The van der Waals surface area contributed by atoms with Crippen molar-refractivity contribution < 1.29 is 8.42 Å². The van der Waals surface area contributed by atoms with Crippen LogP contribution in [-0.4, -0.2) is 40.6 Å². The Morgan fingerprint density at radius 2 is 1.85 bits per heavy atom. The number of hydrogen-bond donors (Lipinski definition) is 0. The van der Waals surface area contributed by atoms with Crippen LogP contribution in [0.5, 0.6) is 0 Å². The van der Waals surface area contributed by atoms with Crippen LogP contribution in [0.3, 0.4) is 0 Å². The molecule has 2 heterocycles. The van der Waals surface area contributed by atoms with E-state index in [1.54, 1.807) is 22.8 Å². The molecule has 1 aromatic carbocycles. The predicted octanol–water partition coefficient (Wildman–Crippen LogP) is 3.12. The minimum Gasteiger partial charge on any atom is -0.320 e. The highest BCUT2D eigenvalue weighted by atomic mass is 32.2. The molecule has 0 amide bonds. The summed E-state index contributed by atoms with van der Waals surface area (Å²) in [5.74, 6) is 1.02. The molecular weight excluding hydrogens is 360 g/mol. The average molecular weight is 389 g/mol. The van der Waals surface area contributed by atoms with Gasteiger partial charge < -0.3 is 4.57 Å². The lowest BCUT2D eigenvalue weighted by molar-refractivity contribution is 0.177. The van der Waals surface area contributed by atoms with Crippen molar-refractivity contribution in [2.24, 2.45) is 12.5 Å². The van der Waals surface area contributed by atoms with E-state index in [9.17, 15) is 8.42 Å². The van der Waals surface area contributed by atoms with E-state index in [1.165, 1.54) is 6.42 Å². The molecule has 1 saturated heterocycles. The molecule has 1 aromatic heterocycles. The number of rotatable bonds is 4. The topological polar surface area (TPSA) is 68.1 Å². The van der Waals surface area contributed by atoms with Crippen molar-refractivity contribution >= 4 is 10.0 Å². The molecule has 4 rings (SSSR count). The molecule has 1 aliphatic carbocycles. The van der Waals surface area contributed by atoms with E-state index in [0.29, 0.717) is 18.0 Å². The molecule has 1 aliphatic heterocycles. The lowest BCUT2D eigenvalue weighted by atomic mass is 9.67. The molecular formula is C20H28N4O2S. The summed E-state index contributed by atoms with van der Waals surface area (Å²) in [7, 11) is -1.55. The molecule has 6 nitrogen and oxygen atoms in total. The standard InChI is InChI=1S/C20H28N4O2S/c1-3-16-7-9-17(10-8-16)27(25,26)24-13-18(19-22-21-15-23(19)2)20(14-24)11-5-4-6-12-20/h7-10,15,18H,3-6,11-14H2,1-2H3. The highest BCUT2D eigenvalue weighted by Crippen LogP contribution is 2.52. The molecule has 0 N–H and O–H groups in total. The molecule has 1 saturated carbocycles. The summed E-state index contributed by atoms with van der Waals surface area (Å²) < 4.78 is 30.3. The molecule has 146 valence electrons. The van der Waals surface area contributed by atoms with Crippen molar-refractivity contribution in [3.8, 4) is 0 Å². The van der Waals surface area contributed by atoms with Crippen molar-refractivity contribution in [3.05, 3.63) is 42.0 Å². The van der Waals surface area contributed by atoms with Crippen molar-refractivity contribution in [2.75, 3.05) is 13.1 Å². The fourth-order valence-corrected chi connectivity index (χ4v) is 6.43. The van der Waals surface area contributed by atoms with Gasteiger partial charge in [-0.3, -0.25) is 0 Å². The van der Waals surface area contributed by atoms with Gasteiger partial charge in [0.25, 0.3) is 0 Å². The molecule has 0 radical (unpaired) electrons. The van der Waals surface area contributed by atoms with E-state index in [1.807, 2.05) is 23.7 Å². The number of aryl methyl sites for hydroxylation is 2. The third kappa shape index (κ3) is 3.21. The van der Waals surface area contributed by atoms with Crippen LogP contribution >= 0.6 is 0 Å². The quantitative estimate of drug-likeness (QED) is 0.807. The van der Waals surface area contributed by atoms with E-state index in [2.05, 4.69) is 17.1 Å². The summed E-state index contributed by atoms with van der Waals surface area (Å²) in [5.41, 5.74) is 1.13. The average Bonchev–Trinajstić information content (AvgIpc) is 3.26. The van der Waals surface area contributed by atoms with Crippen LogP contribution in [0.2, 0.25) is 0 Å². The van der Waals surface area contributed by atoms with Gasteiger partial charge in [-0.05, 0) is 42.4 Å². The van der Waals surface area contributed by atoms with Crippen molar-refractivity contribution in [1.82, 2.24) is 19.1 Å². The monoisotopic (exact) mass is 388 g/mol. The molecule has 1 unspecified atom stereocenters. The number of hydrogen-bond acceptors (Lipinski definition) is 4. The zero-order valence-corrected chi connectivity index (χ0v) is 17.0. The summed E-state index contributed by atoms with van der Waals surface area (Å²) in [6, 6.07) is 7.33. The number of nitrogens with zero attached hydrogens (tertiary/aromatic N) is 4. The first-order valence-corrected chi connectivity index (χ1v) is 11.3. The largest absolute Gasteiger partial charge is 0.320 e. The second kappa shape index (κ2) is 7.02. The van der Waals surface area contributed by atoms with Gasteiger partial charge in [0.2, 0.25) is 10.0 Å². The number of benzene rings is 1. The molecule has 27 heavy (non-hydrogen) atoms. The van der Waals surface area contributed by atoms with Gasteiger partial charge in [-0.25, -0.2) is 8.42 Å². The fourth-order valence-electron chi connectivity index (χ4n) is 4.88. The number of aromatic nitrogens is 3. The Balaban J connectivity index is 1.68. The summed E-state index contributed by atoms with van der Waals surface area (Å²) in [4.78, 5) is 0.393. The lowest BCUT2D eigenvalue weighted by Crippen LogP contribution is -2.34. The summed E-state index contributed by atoms with van der Waals surface area (Å²) in [5, 5.41) is 8.40. The van der Waals surface area contributed by atoms with Gasteiger partial charge in [-0.2, -0.15) is 4.31 Å². The Kier molecular flexibility index (Phi) is 4.84.